The van der Waals surface area contributed by atoms with Crippen molar-refractivity contribution >= 4 is 11.7 Å². The minimum atomic E-state index is 0.159. The summed E-state index contributed by atoms with van der Waals surface area (Å²) in [7, 11) is 3.59. The SMILES string of the molecule is Cc1cc(N2CCN(CC(=O)N(C)C)CC2)nc(C)n1. The summed E-state index contributed by atoms with van der Waals surface area (Å²) < 4.78 is 0. The fourth-order valence-corrected chi connectivity index (χ4v) is 2.33. The van der Waals surface area contributed by atoms with Crippen LogP contribution in [0.2, 0.25) is 0 Å². The Morgan fingerprint density at radius 2 is 1.85 bits per heavy atom. The average molecular weight is 277 g/mol. The minimum Gasteiger partial charge on any atom is -0.354 e. The summed E-state index contributed by atoms with van der Waals surface area (Å²) in [5.74, 6) is 1.96. The number of anilines is 1. The van der Waals surface area contributed by atoms with Crippen LogP contribution in [-0.4, -0.2) is 72.5 Å². The van der Waals surface area contributed by atoms with Crippen molar-refractivity contribution in [2.75, 3.05) is 51.7 Å². The minimum absolute atomic E-state index is 0.159. The van der Waals surface area contributed by atoms with Crippen molar-refractivity contribution in [1.82, 2.24) is 19.8 Å². The molecule has 1 aliphatic rings. The highest BCUT2D eigenvalue weighted by atomic mass is 16.2. The molecule has 0 atom stereocenters. The van der Waals surface area contributed by atoms with Gasteiger partial charge in [-0.15, -0.1) is 0 Å². The van der Waals surface area contributed by atoms with Crippen LogP contribution >= 0.6 is 0 Å². The second kappa shape index (κ2) is 6.17. The van der Waals surface area contributed by atoms with Gasteiger partial charge in [0.15, 0.2) is 0 Å². The van der Waals surface area contributed by atoms with Crippen LogP contribution in [0.15, 0.2) is 6.07 Å². The third-order valence-corrected chi connectivity index (χ3v) is 3.51. The van der Waals surface area contributed by atoms with Crippen LogP contribution in [0.3, 0.4) is 0 Å². The van der Waals surface area contributed by atoms with Gasteiger partial charge in [-0.25, -0.2) is 9.97 Å². The summed E-state index contributed by atoms with van der Waals surface area (Å²) in [6, 6.07) is 2.02. The number of rotatable bonds is 3. The predicted molar refractivity (Wildman–Crippen MR) is 78.9 cm³/mol. The van der Waals surface area contributed by atoms with E-state index in [-0.39, 0.29) is 5.91 Å². The normalized spacial score (nSPS) is 16.3. The molecule has 2 heterocycles. The molecule has 6 nitrogen and oxygen atoms in total. The first-order valence-electron chi connectivity index (χ1n) is 6.95. The molecule has 0 aliphatic carbocycles. The Morgan fingerprint density at radius 3 is 2.40 bits per heavy atom. The molecule has 0 bridgehead atoms. The quantitative estimate of drug-likeness (QED) is 0.795. The van der Waals surface area contributed by atoms with Gasteiger partial charge in [-0.2, -0.15) is 0 Å². The number of nitrogens with zero attached hydrogens (tertiary/aromatic N) is 5. The van der Waals surface area contributed by atoms with Crippen LogP contribution in [0.4, 0.5) is 5.82 Å². The lowest BCUT2D eigenvalue weighted by molar-refractivity contribution is -0.129. The summed E-state index contributed by atoms with van der Waals surface area (Å²) in [6.07, 6.45) is 0. The molecule has 1 amide bonds. The van der Waals surface area contributed by atoms with E-state index < -0.39 is 0 Å². The van der Waals surface area contributed by atoms with E-state index in [9.17, 15) is 4.79 Å². The molecule has 0 N–H and O–H groups in total. The topological polar surface area (TPSA) is 52.6 Å². The summed E-state index contributed by atoms with van der Waals surface area (Å²) in [6.45, 7) is 7.99. The van der Waals surface area contributed by atoms with Gasteiger partial charge in [-0.05, 0) is 13.8 Å². The number of amides is 1. The Labute approximate surface area is 120 Å². The lowest BCUT2D eigenvalue weighted by Gasteiger charge is -2.35. The maximum Gasteiger partial charge on any atom is 0.236 e. The molecule has 1 aromatic heterocycles. The molecule has 1 saturated heterocycles. The summed E-state index contributed by atoms with van der Waals surface area (Å²) in [4.78, 5) is 26.6. The van der Waals surface area contributed by atoms with Gasteiger partial charge in [-0.1, -0.05) is 0 Å². The molecule has 1 aliphatic heterocycles. The third kappa shape index (κ3) is 3.66. The number of aromatic nitrogens is 2. The van der Waals surface area contributed by atoms with Crippen LogP contribution in [0.25, 0.3) is 0 Å². The first kappa shape index (κ1) is 14.7. The van der Waals surface area contributed by atoms with Crippen LogP contribution in [0, 0.1) is 13.8 Å². The van der Waals surface area contributed by atoms with E-state index in [2.05, 4.69) is 19.8 Å². The van der Waals surface area contributed by atoms with Gasteiger partial charge >= 0.3 is 0 Å². The van der Waals surface area contributed by atoms with Gasteiger partial charge < -0.3 is 9.80 Å². The van der Waals surface area contributed by atoms with E-state index in [1.807, 2.05) is 19.9 Å². The number of carbonyl (C=O) groups excluding carboxylic acids is 1. The number of carbonyl (C=O) groups is 1. The molecule has 1 fully saturated rings. The fourth-order valence-electron chi connectivity index (χ4n) is 2.33. The van der Waals surface area contributed by atoms with E-state index in [1.54, 1.807) is 19.0 Å². The molecule has 0 unspecified atom stereocenters. The maximum absolute atomic E-state index is 11.7. The summed E-state index contributed by atoms with van der Waals surface area (Å²) in [5.41, 5.74) is 0.998. The van der Waals surface area contributed by atoms with Gasteiger partial charge in [0.1, 0.15) is 11.6 Å². The van der Waals surface area contributed by atoms with Crippen molar-refractivity contribution in [2.24, 2.45) is 0 Å². The van der Waals surface area contributed by atoms with Crippen LogP contribution in [0.5, 0.6) is 0 Å². The standard InChI is InChI=1S/C14H23N5O/c1-11-9-13(16-12(2)15-11)19-7-5-18(6-8-19)10-14(20)17(3)4/h9H,5-8,10H2,1-4H3. The van der Waals surface area contributed by atoms with E-state index in [1.165, 1.54) is 0 Å². The average Bonchev–Trinajstić information content (AvgIpc) is 2.38. The lowest BCUT2D eigenvalue weighted by atomic mass is 10.3. The molecule has 20 heavy (non-hydrogen) atoms. The largest absolute Gasteiger partial charge is 0.354 e. The molecule has 0 aromatic carbocycles. The van der Waals surface area contributed by atoms with E-state index in [4.69, 9.17) is 0 Å². The third-order valence-electron chi connectivity index (χ3n) is 3.51. The fraction of sp³-hybridized carbons (Fsp3) is 0.643. The first-order chi connectivity index (χ1) is 9.45. The first-order valence-corrected chi connectivity index (χ1v) is 6.95. The zero-order valence-electron chi connectivity index (χ0n) is 12.8. The Hall–Kier alpha value is -1.69. The van der Waals surface area contributed by atoms with Gasteiger partial charge in [0, 0.05) is 52.0 Å². The van der Waals surface area contributed by atoms with Crippen molar-refractivity contribution in [3.8, 4) is 0 Å². The molecular weight excluding hydrogens is 254 g/mol. The highest BCUT2D eigenvalue weighted by Crippen LogP contribution is 2.14. The molecule has 110 valence electrons. The second-order valence-corrected chi connectivity index (χ2v) is 5.47. The van der Waals surface area contributed by atoms with E-state index >= 15 is 0 Å². The number of hydrogen-bond donors (Lipinski definition) is 0. The predicted octanol–water partition coefficient (Wildman–Crippen LogP) is 0.304. The Morgan fingerprint density at radius 1 is 1.20 bits per heavy atom. The highest BCUT2D eigenvalue weighted by molar-refractivity contribution is 5.77. The smallest absolute Gasteiger partial charge is 0.236 e. The van der Waals surface area contributed by atoms with Crippen molar-refractivity contribution in [3.05, 3.63) is 17.6 Å². The molecule has 1 aromatic rings. The van der Waals surface area contributed by atoms with Crippen LogP contribution < -0.4 is 4.90 Å². The van der Waals surface area contributed by atoms with Crippen LogP contribution in [0.1, 0.15) is 11.5 Å². The van der Waals surface area contributed by atoms with Crippen LogP contribution in [-0.2, 0) is 4.79 Å². The van der Waals surface area contributed by atoms with Gasteiger partial charge in [0.25, 0.3) is 0 Å². The van der Waals surface area contributed by atoms with Gasteiger partial charge in [0.05, 0.1) is 6.54 Å². The Kier molecular flexibility index (Phi) is 4.54. The van der Waals surface area contributed by atoms with Gasteiger partial charge in [0.2, 0.25) is 5.91 Å². The van der Waals surface area contributed by atoms with E-state index in [0.29, 0.717) is 6.54 Å². The van der Waals surface area contributed by atoms with E-state index in [0.717, 1.165) is 43.5 Å². The number of likely N-dealkylation sites (N-methyl/N-ethyl adjacent to an activating group) is 1. The lowest BCUT2D eigenvalue weighted by Crippen LogP contribution is -2.49. The zero-order valence-corrected chi connectivity index (χ0v) is 12.8. The molecule has 6 heteroatoms. The van der Waals surface area contributed by atoms with Crippen molar-refractivity contribution in [1.29, 1.82) is 0 Å². The van der Waals surface area contributed by atoms with Crippen molar-refractivity contribution in [2.45, 2.75) is 13.8 Å². The molecular formula is C14H23N5O. The number of hydrogen-bond acceptors (Lipinski definition) is 5. The van der Waals surface area contributed by atoms with Gasteiger partial charge in [-0.3, -0.25) is 9.69 Å². The monoisotopic (exact) mass is 277 g/mol. The highest BCUT2D eigenvalue weighted by Gasteiger charge is 2.20. The van der Waals surface area contributed by atoms with Crippen molar-refractivity contribution in [3.63, 3.8) is 0 Å². The zero-order chi connectivity index (χ0) is 14.7. The molecule has 0 saturated carbocycles. The second-order valence-electron chi connectivity index (χ2n) is 5.47. The van der Waals surface area contributed by atoms with Crippen molar-refractivity contribution < 1.29 is 4.79 Å². The summed E-state index contributed by atoms with van der Waals surface area (Å²) in [5, 5.41) is 0. The Balaban J connectivity index is 1.92. The number of piperazine rings is 1. The molecule has 0 radical (unpaired) electrons. The molecule has 0 spiro atoms. The number of aryl methyl sites for hydroxylation is 2. The molecule has 2 rings (SSSR count). The summed E-state index contributed by atoms with van der Waals surface area (Å²) >= 11 is 0. The maximum atomic E-state index is 11.7. The Bertz CT molecular complexity index is 460.